The molecule has 3 aromatic carbocycles. The lowest BCUT2D eigenvalue weighted by Crippen LogP contribution is -2.51. The van der Waals surface area contributed by atoms with E-state index in [1.165, 1.54) is 12.1 Å². The smallest absolute Gasteiger partial charge is 0.236 e. The number of carbonyl (C=O) groups is 1. The van der Waals surface area contributed by atoms with E-state index in [9.17, 15) is 9.18 Å². The molecule has 4 rings (SSSR count). The predicted octanol–water partition coefficient (Wildman–Crippen LogP) is 3.85. The Morgan fingerprint density at radius 3 is 1.87 bits per heavy atom. The van der Waals surface area contributed by atoms with Crippen LogP contribution < -0.4 is 10.2 Å². The lowest BCUT2D eigenvalue weighted by molar-refractivity contribution is -0.130. The van der Waals surface area contributed by atoms with E-state index in [1.807, 2.05) is 41.3 Å². The zero-order valence-corrected chi connectivity index (χ0v) is 16.9. The van der Waals surface area contributed by atoms with Gasteiger partial charge in [0.1, 0.15) is 5.82 Å². The van der Waals surface area contributed by atoms with E-state index in [2.05, 4.69) is 34.5 Å². The van der Waals surface area contributed by atoms with Gasteiger partial charge in [-0.05, 0) is 35.4 Å². The van der Waals surface area contributed by atoms with Crippen LogP contribution in [0.4, 0.5) is 10.1 Å². The molecule has 30 heavy (non-hydrogen) atoms. The first-order valence-electron chi connectivity index (χ1n) is 10.3. The van der Waals surface area contributed by atoms with Gasteiger partial charge in [-0.2, -0.15) is 0 Å². The molecule has 1 amide bonds. The predicted molar refractivity (Wildman–Crippen MR) is 118 cm³/mol. The molecule has 1 heterocycles. The molecule has 1 aliphatic rings. The molecule has 4 nitrogen and oxygen atoms in total. The van der Waals surface area contributed by atoms with Crippen LogP contribution in [0.25, 0.3) is 0 Å². The molecule has 0 aliphatic carbocycles. The summed E-state index contributed by atoms with van der Waals surface area (Å²) in [7, 11) is 0. The fraction of sp³-hybridized carbons (Fsp3) is 0.240. The molecule has 0 unspecified atom stereocenters. The lowest BCUT2D eigenvalue weighted by atomic mass is 9.99. The molecule has 0 radical (unpaired) electrons. The van der Waals surface area contributed by atoms with Gasteiger partial charge in [-0.15, -0.1) is 0 Å². The quantitative estimate of drug-likeness (QED) is 0.679. The van der Waals surface area contributed by atoms with Gasteiger partial charge in [0.25, 0.3) is 0 Å². The molecule has 5 heteroatoms. The number of amides is 1. The molecule has 0 bridgehead atoms. The maximum atomic E-state index is 13.1. The molecule has 1 N–H and O–H groups in total. The number of hydrogen-bond acceptors (Lipinski definition) is 3. The van der Waals surface area contributed by atoms with Crippen molar-refractivity contribution in [2.75, 3.05) is 37.6 Å². The third-order valence-corrected chi connectivity index (χ3v) is 5.55. The number of carbonyl (C=O) groups excluding carboxylic acids is 1. The number of halogens is 1. The maximum absolute atomic E-state index is 13.1. The van der Waals surface area contributed by atoms with Crippen LogP contribution in [0.5, 0.6) is 0 Å². The van der Waals surface area contributed by atoms with Crippen molar-refractivity contribution in [1.82, 2.24) is 10.2 Å². The summed E-state index contributed by atoms with van der Waals surface area (Å²) in [6.07, 6.45) is 0. The van der Waals surface area contributed by atoms with Crippen molar-refractivity contribution in [3.8, 4) is 0 Å². The summed E-state index contributed by atoms with van der Waals surface area (Å²) < 4.78 is 13.1. The minimum Gasteiger partial charge on any atom is -0.368 e. The number of piperazine rings is 1. The Morgan fingerprint density at radius 2 is 1.33 bits per heavy atom. The van der Waals surface area contributed by atoms with Crippen LogP contribution in [0.15, 0.2) is 84.9 Å². The second-order valence-electron chi connectivity index (χ2n) is 7.48. The summed E-state index contributed by atoms with van der Waals surface area (Å²) in [5, 5.41) is 3.45. The number of hydrogen-bond donors (Lipinski definition) is 1. The van der Waals surface area contributed by atoms with Crippen LogP contribution in [0.1, 0.15) is 17.2 Å². The van der Waals surface area contributed by atoms with E-state index >= 15 is 0 Å². The molecule has 1 fully saturated rings. The first-order valence-corrected chi connectivity index (χ1v) is 10.3. The second kappa shape index (κ2) is 9.55. The van der Waals surface area contributed by atoms with E-state index in [0.29, 0.717) is 13.1 Å². The molecule has 3 aromatic rings. The third kappa shape index (κ3) is 4.86. The molecule has 0 aromatic heterocycles. The zero-order chi connectivity index (χ0) is 20.8. The van der Waals surface area contributed by atoms with Gasteiger partial charge in [-0.25, -0.2) is 4.39 Å². The average molecular weight is 404 g/mol. The third-order valence-electron chi connectivity index (χ3n) is 5.55. The van der Waals surface area contributed by atoms with Gasteiger partial charge in [0.2, 0.25) is 5.91 Å². The summed E-state index contributed by atoms with van der Waals surface area (Å²) in [6.45, 7) is 3.11. The molecular formula is C25H26FN3O. The monoisotopic (exact) mass is 403 g/mol. The standard InChI is InChI=1S/C25H26FN3O/c26-22-11-13-23(14-12-22)28-15-17-29(18-16-28)24(30)19-27-25(20-7-3-1-4-8-20)21-9-5-2-6-10-21/h1-14,25,27H,15-19H2. The molecule has 0 atom stereocenters. The van der Waals surface area contributed by atoms with Crippen molar-refractivity contribution in [1.29, 1.82) is 0 Å². The molecule has 1 saturated heterocycles. The summed E-state index contributed by atoms with van der Waals surface area (Å²) >= 11 is 0. The fourth-order valence-corrected chi connectivity index (χ4v) is 3.89. The van der Waals surface area contributed by atoms with Gasteiger partial charge in [-0.3, -0.25) is 10.1 Å². The Labute approximate surface area is 176 Å². The number of benzene rings is 3. The minimum absolute atomic E-state index is 0.0307. The van der Waals surface area contributed by atoms with Gasteiger partial charge in [0, 0.05) is 31.9 Å². The summed E-state index contributed by atoms with van der Waals surface area (Å²) in [4.78, 5) is 16.9. The van der Waals surface area contributed by atoms with Gasteiger partial charge in [0.15, 0.2) is 0 Å². The topological polar surface area (TPSA) is 35.6 Å². The fourth-order valence-electron chi connectivity index (χ4n) is 3.89. The minimum atomic E-state index is -0.231. The highest BCUT2D eigenvalue weighted by Crippen LogP contribution is 2.22. The highest BCUT2D eigenvalue weighted by molar-refractivity contribution is 5.78. The van der Waals surface area contributed by atoms with E-state index in [1.54, 1.807) is 12.1 Å². The largest absolute Gasteiger partial charge is 0.368 e. The van der Waals surface area contributed by atoms with E-state index in [0.717, 1.165) is 29.9 Å². The normalized spacial score (nSPS) is 14.2. The molecule has 154 valence electrons. The lowest BCUT2D eigenvalue weighted by Gasteiger charge is -2.36. The van der Waals surface area contributed by atoms with Crippen molar-refractivity contribution >= 4 is 11.6 Å². The van der Waals surface area contributed by atoms with Crippen LogP contribution in [0.2, 0.25) is 0 Å². The highest BCUT2D eigenvalue weighted by atomic mass is 19.1. The summed E-state index contributed by atoms with van der Waals surface area (Å²) in [6, 6.07) is 26.9. The number of rotatable bonds is 6. The van der Waals surface area contributed by atoms with E-state index in [4.69, 9.17) is 0 Å². The first-order chi connectivity index (χ1) is 14.7. The van der Waals surface area contributed by atoms with Crippen LogP contribution in [-0.4, -0.2) is 43.5 Å². The van der Waals surface area contributed by atoms with Crippen molar-refractivity contribution in [2.45, 2.75) is 6.04 Å². The summed E-state index contributed by atoms with van der Waals surface area (Å²) in [5.41, 5.74) is 3.27. The molecule has 0 saturated carbocycles. The molecule has 1 aliphatic heterocycles. The Hall–Kier alpha value is -3.18. The average Bonchev–Trinajstić information content (AvgIpc) is 2.81. The van der Waals surface area contributed by atoms with Crippen molar-refractivity contribution in [3.05, 3.63) is 102 Å². The van der Waals surface area contributed by atoms with Crippen LogP contribution >= 0.6 is 0 Å². The highest BCUT2D eigenvalue weighted by Gasteiger charge is 2.22. The van der Waals surface area contributed by atoms with Gasteiger partial charge >= 0.3 is 0 Å². The number of nitrogens with zero attached hydrogens (tertiary/aromatic N) is 2. The van der Waals surface area contributed by atoms with Crippen LogP contribution in [0.3, 0.4) is 0 Å². The van der Waals surface area contributed by atoms with Crippen molar-refractivity contribution in [2.24, 2.45) is 0 Å². The number of anilines is 1. The van der Waals surface area contributed by atoms with Crippen molar-refractivity contribution in [3.63, 3.8) is 0 Å². The van der Waals surface area contributed by atoms with Gasteiger partial charge < -0.3 is 9.80 Å². The van der Waals surface area contributed by atoms with E-state index in [-0.39, 0.29) is 24.3 Å². The Morgan fingerprint density at radius 1 is 0.800 bits per heavy atom. The Kier molecular flexibility index (Phi) is 6.40. The Bertz CT molecular complexity index is 900. The van der Waals surface area contributed by atoms with Gasteiger partial charge in [0.05, 0.1) is 12.6 Å². The first kappa shape index (κ1) is 20.1. The summed E-state index contributed by atoms with van der Waals surface area (Å²) in [5.74, 6) is -0.129. The van der Waals surface area contributed by atoms with Crippen LogP contribution in [0, 0.1) is 5.82 Å². The number of nitrogens with one attached hydrogen (secondary N) is 1. The van der Waals surface area contributed by atoms with Gasteiger partial charge in [-0.1, -0.05) is 60.7 Å². The SMILES string of the molecule is O=C(CNC(c1ccccc1)c1ccccc1)N1CCN(c2ccc(F)cc2)CC1. The molecule has 0 spiro atoms. The van der Waals surface area contributed by atoms with Crippen LogP contribution in [-0.2, 0) is 4.79 Å². The van der Waals surface area contributed by atoms with E-state index < -0.39 is 0 Å². The molecular weight excluding hydrogens is 377 g/mol. The maximum Gasteiger partial charge on any atom is 0.236 e. The van der Waals surface area contributed by atoms with Crippen molar-refractivity contribution < 1.29 is 9.18 Å². The Balaban J connectivity index is 1.36. The second-order valence-corrected chi connectivity index (χ2v) is 7.48. The zero-order valence-electron chi connectivity index (χ0n) is 16.9.